The van der Waals surface area contributed by atoms with Crippen LogP contribution in [0, 0.1) is 18.7 Å². The van der Waals surface area contributed by atoms with Crippen LogP contribution in [-0.4, -0.2) is 45.2 Å². The lowest BCUT2D eigenvalue weighted by atomic mass is 9.98. The molecule has 156 valence electrons. The summed E-state index contributed by atoms with van der Waals surface area (Å²) in [6, 6.07) is 9.01. The summed E-state index contributed by atoms with van der Waals surface area (Å²) in [6.07, 6.45) is 1.98. The predicted molar refractivity (Wildman–Crippen MR) is 109 cm³/mol. The Balaban J connectivity index is 1.64. The number of ether oxygens (including phenoxy) is 3. The second kappa shape index (κ2) is 9.16. The molecule has 0 aliphatic carbocycles. The van der Waals surface area contributed by atoms with Gasteiger partial charge < -0.3 is 19.1 Å². The minimum atomic E-state index is -0.171. The van der Waals surface area contributed by atoms with E-state index < -0.39 is 0 Å². The van der Waals surface area contributed by atoms with Crippen LogP contribution in [0.15, 0.2) is 30.3 Å². The summed E-state index contributed by atoms with van der Waals surface area (Å²) >= 11 is 0. The Kier molecular flexibility index (Phi) is 6.62. The van der Waals surface area contributed by atoms with Gasteiger partial charge >= 0.3 is 0 Å². The first-order valence-electron chi connectivity index (χ1n) is 9.76. The molecular formula is C23H28FNO4. The number of nitrogens with zero attached hydrogens (tertiary/aromatic N) is 1. The van der Waals surface area contributed by atoms with Crippen molar-refractivity contribution in [1.29, 1.82) is 0 Å². The maximum absolute atomic E-state index is 13.8. The summed E-state index contributed by atoms with van der Waals surface area (Å²) in [5, 5.41) is 0. The lowest BCUT2D eigenvalue weighted by Crippen LogP contribution is -2.30. The minimum Gasteiger partial charge on any atom is -0.493 e. The summed E-state index contributed by atoms with van der Waals surface area (Å²) in [5.74, 6) is 1.83. The average Bonchev–Trinajstić information content (AvgIpc) is 3.18. The van der Waals surface area contributed by atoms with E-state index in [2.05, 4.69) is 0 Å². The van der Waals surface area contributed by atoms with Gasteiger partial charge in [0.05, 0.1) is 27.8 Å². The Hall–Kier alpha value is -2.76. The normalized spacial score (nSPS) is 16.0. The van der Waals surface area contributed by atoms with Crippen molar-refractivity contribution in [3.05, 3.63) is 52.8 Å². The largest absolute Gasteiger partial charge is 0.493 e. The van der Waals surface area contributed by atoms with E-state index in [4.69, 9.17) is 14.2 Å². The Labute approximate surface area is 171 Å². The number of hydrogen-bond acceptors (Lipinski definition) is 4. The second-order valence-electron chi connectivity index (χ2n) is 7.49. The molecule has 0 aromatic heterocycles. The maximum Gasteiger partial charge on any atom is 0.227 e. The number of halogens is 1. The Morgan fingerprint density at radius 3 is 2.34 bits per heavy atom. The van der Waals surface area contributed by atoms with Crippen molar-refractivity contribution in [2.45, 2.75) is 26.2 Å². The monoisotopic (exact) mass is 401 g/mol. The van der Waals surface area contributed by atoms with Gasteiger partial charge in [-0.15, -0.1) is 0 Å². The van der Waals surface area contributed by atoms with Crippen LogP contribution in [0.2, 0.25) is 0 Å². The van der Waals surface area contributed by atoms with Crippen LogP contribution in [0.3, 0.4) is 0 Å². The van der Waals surface area contributed by atoms with Crippen LogP contribution in [0.25, 0.3) is 0 Å². The van der Waals surface area contributed by atoms with Gasteiger partial charge in [0.25, 0.3) is 0 Å². The number of benzene rings is 2. The molecule has 1 heterocycles. The molecule has 6 heteroatoms. The van der Waals surface area contributed by atoms with Crippen molar-refractivity contribution in [2.75, 3.05) is 34.4 Å². The first-order chi connectivity index (χ1) is 13.9. The van der Waals surface area contributed by atoms with Crippen LogP contribution in [0.4, 0.5) is 4.39 Å². The fraction of sp³-hybridized carbons (Fsp3) is 0.435. The fourth-order valence-corrected chi connectivity index (χ4v) is 3.85. The van der Waals surface area contributed by atoms with E-state index in [-0.39, 0.29) is 18.1 Å². The Bertz CT molecular complexity index is 858. The summed E-state index contributed by atoms with van der Waals surface area (Å²) in [4.78, 5) is 14.7. The highest BCUT2D eigenvalue weighted by Crippen LogP contribution is 2.38. The van der Waals surface area contributed by atoms with Gasteiger partial charge in [0.2, 0.25) is 11.7 Å². The number of amides is 1. The average molecular weight is 401 g/mol. The van der Waals surface area contributed by atoms with Crippen molar-refractivity contribution in [1.82, 2.24) is 4.90 Å². The molecular weight excluding hydrogens is 373 g/mol. The van der Waals surface area contributed by atoms with E-state index in [9.17, 15) is 9.18 Å². The van der Waals surface area contributed by atoms with Crippen molar-refractivity contribution >= 4 is 5.91 Å². The molecule has 5 nitrogen and oxygen atoms in total. The summed E-state index contributed by atoms with van der Waals surface area (Å²) in [5.41, 5.74) is 2.45. The molecule has 2 aromatic rings. The molecule has 1 amide bonds. The third-order valence-electron chi connectivity index (χ3n) is 5.48. The SMILES string of the molecule is COc1cc(CC(=O)N2CCC(Cc3ccc(C)c(F)c3)C2)cc(OC)c1OC. The summed E-state index contributed by atoms with van der Waals surface area (Å²) in [6.45, 7) is 3.18. The number of likely N-dealkylation sites (tertiary alicyclic amines) is 1. The molecule has 0 spiro atoms. The predicted octanol–water partition coefficient (Wildman–Crippen LogP) is 3.79. The number of carbonyl (C=O) groups is 1. The van der Waals surface area contributed by atoms with E-state index in [1.165, 1.54) is 0 Å². The number of aryl methyl sites for hydroxylation is 1. The van der Waals surface area contributed by atoms with Crippen LogP contribution in [0.5, 0.6) is 17.2 Å². The number of hydrogen-bond donors (Lipinski definition) is 0. The van der Waals surface area contributed by atoms with Gasteiger partial charge in [-0.3, -0.25) is 4.79 Å². The molecule has 3 rings (SSSR count). The zero-order chi connectivity index (χ0) is 21.0. The summed E-state index contributed by atoms with van der Waals surface area (Å²) in [7, 11) is 4.67. The smallest absolute Gasteiger partial charge is 0.227 e. The minimum absolute atomic E-state index is 0.0665. The zero-order valence-corrected chi connectivity index (χ0v) is 17.5. The standard InChI is InChI=1S/C23H28FNO4/c1-15-5-6-16(10-19(15)24)9-17-7-8-25(14-17)22(26)13-18-11-20(27-2)23(29-4)21(12-18)28-3/h5-6,10-12,17H,7-9,13-14H2,1-4H3. The quantitative estimate of drug-likeness (QED) is 0.708. The molecule has 0 N–H and O–H groups in total. The summed E-state index contributed by atoms with van der Waals surface area (Å²) < 4.78 is 29.9. The topological polar surface area (TPSA) is 48.0 Å². The number of carbonyl (C=O) groups excluding carboxylic acids is 1. The molecule has 2 aromatic carbocycles. The Morgan fingerprint density at radius 2 is 1.76 bits per heavy atom. The van der Waals surface area contributed by atoms with Gasteiger partial charge in [0.1, 0.15) is 5.82 Å². The molecule has 1 aliphatic heterocycles. The van der Waals surface area contributed by atoms with E-state index in [1.807, 2.05) is 29.2 Å². The molecule has 29 heavy (non-hydrogen) atoms. The molecule has 1 unspecified atom stereocenters. The first-order valence-corrected chi connectivity index (χ1v) is 9.76. The van der Waals surface area contributed by atoms with Gasteiger partial charge in [-0.05, 0) is 60.6 Å². The van der Waals surface area contributed by atoms with Crippen LogP contribution >= 0.6 is 0 Å². The molecule has 0 radical (unpaired) electrons. The molecule has 1 atom stereocenters. The van der Waals surface area contributed by atoms with Crippen LogP contribution in [-0.2, 0) is 17.6 Å². The number of methoxy groups -OCH3 is 3. The highest BCUT2D eigenvalue weighted by Gasteiger charge is 2.27. The maximum atomic E-state index is 13.8. The van der Waals surface area contributed by atoms with E-state index in [1.54, 1.807) is 34.3 Å². The molecule has 1 saturated heterocycles. The third kappa shape index (κ3) is 4.81. The van der Waals surface area contributed by atoms with Crippen molar-refractivity contribution in [3.63, 3.8) is 0 Å². The third-order valence-corrected chi connectivity index (χ3v) is 5.48. The van der Waals surface area contributed by atoms with Gasteiger partial charge in [0, 0.05) is 13.1 Å². The second-order valence-corrected chi connectivity index (χ2v) is 7.49. The first kappa shape index (κ1) is 21.0. The van der Waals surface area contributed by atoms with Gasteiger partial charge in [-0.25, -0.2) is 4.39 Å². The van der Waals surface area contributed by atoms with E-state index in [0.717, 1.165) is 30.5 Å². The van der Waals surface area contributed by atoms with E-state index >= 15 is 0 Å². The van der Waals surface area contributed by atoms with Crippen molar-refractivity contribution < 1.29 is 23.4 Å². The fourth-order valence-electron chi connectivity index (χ4n) is 3.85. The molecule has 1 fully saturated rings. The van der Waals surface area contributed by atoms with Gasteiger partial charge in [-0.2, -0.15) is 0 Å². The number of rotatable bonds is 7. The van der Waals surface area contributed by atoms with Crippen molar-refractivity contribution in [3.8, 4) is 17.2 Å². The van der Waals surface area contributed by atoms with E-state index in [0.29, 0.717) is 35.3 Å². The van der Waals surface area contributed by atoms with Crippen molar-refractivity contribution in [2.24, 2.45) is 5.92 Å². The lowest BCUT2D eigenvalue weighted by Gasteiger charge is -2.18. The van der Waals surface area contributed by atoms with Crippen LogP contribution < -0.4 is 14.2 Å². The van der Waals surface area contributed by atoms with Gasteiger partial charge in [-0.1, -0.05) is 12.1 Å². The molecule has 0 saturated carbocycles. The van der Waals surface area contributed by atoms with Crippen LogP contribution in [0.1, 0.15) is 23.1 Å². The molecule has 1 aliphatic rings. The zero-order valence-electron chi connectivity index (χ0n) is 17.5. The Morgan fingerprint density at radius 1 is 1.07 bits per heavy atom. The molecule has 0 bridgehead atoms. The lowest BCUT2D eigenvalue weighted by molar-refractivity contribution is -0.129. The highest BCUT2D eigenvalue weighted by molar-refractivity contribution is 5.79. The van der Waals surface area contributed by atoms with Gasteiger partial charge in [0.15, 0.2) is 11.5 Å². The highest BCUT2D eigenvalue weighted by atomic mass is 19.1.